The lowest BCUT2D eigenvalue weighted by Crippen LogP contribution is -2.29. The molecule has 25 heavy (non-hydrogen) atoms. The van der Waals surface area contributed by atoms with Crippen LogP contribution in [0.3, 0.4) is 0 Å². The van der Waals surface area contributed by atoms with Gasteiger partial charge < -0.3 is 15.6 Å². The van der Waals surface area contributed by atoms with Crippen LogP contribution in [0.4, 0.5) is 0 Å². The molecule has 0 aliphatic carbocycles. The van der Waals surface area contributed by atoms with Crippen LogP contribution >= 0.6 is 0 Å². The van der Waals surface area contributed by atoms with Gasteiger partial charge in [-0.2, -0.15) is 5.10 Å². The number of amides is 1. The van der Waals surface area contributed by atoms with E-state index in [-0.39, 0.29) is 5.91 Å². The number of fused-ring (bicyclic) bond motifs is 2. The molecule has 0 fully saturated rings. The van der Waals surface area contributed by atoms with Crippen LogP contribution in [0.25, 0.3) is 10.9 Å². The number of carbonyl (C=O) groups is 1. The van der Waals surface area contributed by atoms with Crippen LogP contribution in [-0.2, 0) is 25.8 Å². The normalized spacial score (nSPS) is 13.8. The first-order valence-electron chi connectivity index (χ1n) is 8.90. The predicted octanol–water partition coefficient (Wildman–Crippen LogP) is 2.07. The number of aromatic nitrogens is 3. The van der Waals surface area contributed by atoms with Crippen LogP contribution in [0.15, 0.2) is 24.4 Å². The molecule has 1 aromatic carbocycles. The quantitative estimate of drug-likeness (QED) is 0.575. The highest BCUT2D eigenvalue weighted by atomic mass is 16.1. The SMILES string of the molecule is CCc1cccc2c(CCNC(=O)c3n[nH]c4c3CNCC4)c[nH]c12. The van der Waals surface area contributed by atoms with Crippen LogP contribution in [0.5, 0.6) is 0 Å². The number of H-pyrrole nitrogens is 2. The van der Waals surface area contributed by atoms with Gasteiger partial charge in [0.25, 0.3) is 5.91 Å². The molecule has 3 heterocycles. The molecule has 0 saturated heterocycles. The number of hydrogen-bond donors (Lipinski definition) is 4. The van der Waals surface area contributed by atoms with Crippen molar-refractivity contribution in [2.75, 3.05) is 13.1 Å². The van der Waals surface area contributed by atoms with Crippen molar-refractivity contribution in [2.45, 2.75) is 32.7 Å². The van der Waals surface area contributed by atoms with E-state index >= 15 is 0 Å². The van der Waals surface area contributed by atoms with E-state index in [9.17, 15) is 4.79 Å². The summed E-state index contributed by atoms with van der Waals surface area (Å²) in [6, 6.07) is 6.39. The second-order valence-electron chi connectivity index (χ2n) is 6.47. The van der Waals surface area contributed by atoms with E-state index in [1.54, 1.807) is 0 Å². The minimum atomic E-state index is -0.102. The molecule has 0 saturated carbocycles. The first-order valence-corrected chi connectivity index (χ1v) is 8.90. The molecule has 0 bridgehead atoms. The molecule has 0 unspecified atom stereocenters. The summed E-state index contributed by atoms with van der Waals surface area (Å²) in [4.78, 5) is 15.8. The van der Waals surface area contributed by atoms with Crippen LogP contribution in [0.2, 0.25) is 0 Å². The maximum atomic E-state index is 12.4. The summed E-state index contributed by atoms with van der Waals surface area (Å²) in [7, 11) is 0. The van der Waals surface area contributed by atoms with Gasteiger partial charge in [-0.1, -0.05) is 25.1 Å². The molecule has 4 N–H and O–H groups in total. The van der Waals surface area contributed by atoms with Crippen molar-refractivity contribution in [3.63, 3.8) is 0 Å². The third-order valence-electron chi connectivity index (χ3n) is 4.97. The average Bonchev–Trinajstić information content (AvgIpc) is 3.26. The number of carbonyl (C=O) groups excluding carboxylic acids is 1. The molecule has 4 rings (SSSR count). The smallest absolute Gasteiger partial charge is 0.272 e. The predicted molar refractivity (Wildman–Crippen MR) is 97.7 cm³/mol. The van der Waals surface area contributed by atoms with E-state index in [1.807, 2.05) is 0 Å². The van der Waals surface area contributed by atoms with Gasteiger partial charge in [-0.15, -0.1) is 0 Å². The molecule has 6 nitrogen and oxygen atoms in total. The summed E-state index contributed by atoms with van der Waals surface area (Å²) < 4.78 is 0. The number of nitrogens with zero attached hydrogens (tertiary/aromatic N) is 1. The van der Waals surface area contributed by atoms with Crippen LogP contribution in [0.1, 0.15) is 39.8 Å². The molecule has 1 aliphatic rings. The summed E-state index contributed by atoms with van der Waals surface area (Å²) in [5, 5.41) is 14.7. The fourth-order valence-electron chi connectivity index (χ4n) is 3.58. The first kappa shape index (κ1) is 15.9. The Morgan fingerprint density at radius 3 is 3.12 bits per heavy atom. The van der Waals surface area contributed by atoms with Gasteiger partial charge in [0.2, 0.25) is 0 Å². The molecular formula is C19H23N5O. The number of benzene rings is 1. The summed E-state index contributed by atoms with van der Waals surface area (Å²) in [6.07, 6.45) is 4.75. The van der Waals surface area contributed by atoms with Crippen molar-refractivity contribution in [3.8, 4) is 0 Å². The Morgan fingerprint density at radius 1 is 1.32 bits per heavy atom. The van der Waals surface area contributed by atoms with Crippen molar-refractivity contribution >= 4 is 16.8 Å². The van der Waals surface area contributed by atoms with Crippen molar-refractivity contribution < 1.29 is 4.79 Å². The standard InChI is InChI=1S/C19H23N5O/c1-2-12-4-3-5-14-13(10-22-17(12)14)6-9-21-19(25)18-15-11-20-8-7-16(15)23-24-18/h3-5,10,20,22H,2,6-9,11H2,1H3,(H,21,25)(H,23,24). The number of rotatable bonds is 5. The lowest BCUT2D eigenvalue weighted by atomic mass is 10.1. The third kappa shape index (κ3) is 2.93. The lowest BCUT2D eigenvalue weighted by Gasteiger charge is -2.12. The monoisotopic (exact) mass is 337 g/mol. The number of aromatic amines is 2. The van der Waals surface area contributed by atoms with Crippen molar-refractivity contribution in [1.29, 1.82) is 0 Å². The Morgan fingerprint density at radius 2 is 2.24 bits per heavy atom. The minimum absolute atomic E-state index is 0.102. The zero-order valence-corrected chi connectivity index (χ0v) is 14.4. The van der Waals surface area contributed by atoms with E-state index < -0.39 is 0 Å². The Balaban J connectivity index is 1.43. The maximum absolute atomic E-state index is 12.4. The number of hydrogen-bond acceptors (Lipinski definition) is 3. The molecule has 1 aliphatic heterocycles. The van der Waals surface area contributed by atoms with Crippen molar-refractivity contribution in [2.24, 2.45) is 0 Å². The molecule has 1 amide bonds. The Kier molecular flexibility index (Phi) is 4.28. The lowest BCUT2D eigenvalue weighted by molar-refractivity contribution is 0.0948. The fraction of sp³-hybridized carbons (Fsp3) is 0.368. The Hall–Kier alpha value is -2.60. The number of aryl methyl sites for hydroxylation is 1. The average molecular weight is 337 g/mol. The third-order valence-corrected chi connectivity index (χ3v) is 4.97. The van der Waals surface area contributed by atoms with Crippen LogP contribution < -0.4 is 10.6 Å². The molecule has 3 aromatic rings. The largest absolute Gasteiger partial charge is 0.361 e. The van der Waals surface area contributed by atoms with E-state index in [2.05, 4.69) is 57.1 Å². The molecule has 2 aromatic heterocycles. The van der Waals surface area contributed by atoms with Gasteiger partial charge in [-0.05, 0) is 24.0 Å². The number of para-hydroxylation sites is 1. The van der Waals surface area contributed by atoms with E-state index in [0.29, 0.717) is 18.8 Å². The Bertz CT molecular complexity index is 908. The first-order chi connectivity index (χ1) is 12.3. The molecule has 6 heteroatoms. The summed E-state index contributed by atoms with van der Waals surface area (Å²) in [5.41, 5.74) is 6.36. The van der Waals surface area contributed by atoms with Gasteiger partial charge in [0.15, 0.2) is 5.69 Å². The Labute approximate surface area is 146 Å². The van der Waals surface area contributed by atoms with Gasteiger partial charge in [0, 0.05) is 54.4 Å². The van der Waals surface area contributed by atoms with Crippen LogP contribution in [0, 0.1) is 0 Å². The van der Waals surface area contributed by atoms with Gasteiger partial charge in [-0.25, -0.2) is 0 Å². The molecule has 0 radical (unpaired) electrons. The fourth-order valence-corrected chi connectivity index (χ4v) is 3.58. The zero-order valence-electron chi connectivity index (χ0n) is 14.4. The van der Waals surface area contributed by atoms with Gasteiger partial charge in [0.05, 0.1) is 0 Å². The molecule has 0 spiro atoms. The van der Waals surface area contributed by atoms with E-state index in [1.165, 1.54) is 22.0 Å². The van der Waals surface area contributed by atoms with Crippen molar-refractivity contribution in [1.82, 2.24) is 25.8 Å². The maximum Gasteiger partial charge on any atom is 0.272 e. The van der Waals surface area contributed by atoms with Crippen molar-refractivity contribution in [3.05, 3.63) is 52.5 Å². The molecule has 130 valence electrons. The number of nitrogens with one attached hydrogen (secondary N) is 4. The minimum Gasteiger partial charge on any atom is -0.361 e. The molecular weight excluding hydrogens is 314 g/mol. The van der Waals surface area contributed by atoms with Gasteiger partial charge in [0.1, 0.15) is 0 Å². The van der Waals surface area contributed by atoms with Crippen LogP contribution in [-0.4, -0.2) is 34.2 Å². The highest BCUT2D eigenvalue weighted by Gasteiger charge is 2.21. The second kappa shape index (κ2) is 6.72. The summed E-state index contributed by atoms with van der Waals surface area (Å²) >= 11 is 0. The zero-order chi connectivity index (χ0) is 17.2. The summed E-state index contributed by atoms with van der Waals surface area (Å²) in [5.74, 6) is -0.102. The second-order valence-corrected chi connectivity index (χ2v) is 6.47. The highest BCUT2D eigenvalue weighted by Crippen LogP contribution is 2.22. The van der Waals surface area contributed by atoms with E-state index in [4.69, 9.17) is 0 Å². The molecule has 0 atom stereocenters. The van der Waals surface area contributed by atoms with Gasteiger partial charge >= 0.3 is 0 Å². The topological polar surface area (TPSA) is 85.6 Å². The van der Waals surface area contributed by atoms with E-state index in [0.717, 1.165) is 37.1 Å². The van der Waals surface area contributed by atoms with Gasteiger partial charge in [-0.3, -0.25) is 9.89 Å². The summed E-state index contributed by atoms with van der Waals surface area (Å²) in [6.45, 7) is 4.39. The highest BCUT2D eigenvalue weighted by molar-refractivity contribution is 5.94.